The maximum atomic E-state index is 13.6. The Labute approximate surface area is 222 Å². The number of carbonyl (C=O) groups excluding carboxylic acids is 1. The van der Waals surface area contributed by atoms with Crippen LogP contribution >= 0.6 is 0 Å². The summed E-state index contributed by atoms with van der Waals surface area (Å²) < 4.78 is 5.06. The van der Waals surface area contributed by atoms with E-state index in [0.717, 1.165) is 27.8 Å². The summed E-state index contributed by atoms with van der Waals surface area (Å²) in [7, 11) is 0. The smallest absolute Gasteiger partial charge is 0.328 e. The molecule has 0 spiro atoms. The molecule has 4 aromatic rings. The Bertz CT molecular complexity index is 1440. The molecule has 1 aliphatic carbocycles. The van der Waals surface area contributed by atoms with E-state index in [0.29, 0.717) is 12.8 Å². The first-order valence-corrected chi connectivity index (χ1v) is 12.7. The highest BCUT2D eigenvalue weighted by Crippen LogP contribution is 2.59. The van der Waals surface area contributed by atoms with Gasteiger partial charge in [0.1, 0.15) is 11.5 Å². The molecule has 5 heteroatoms. The second-order valence-corrected chi connectivity index (χ2v) is 10.2. The predicted octanol–water partition coefficient (Wildman–Crippen LogP) is 7.24. The van der Waals surface area contributed by atoms with Crippen molar-refractivity contribution in [3.8, 4) is 28.9 Å². The molecule has 5 rings (SSSR count). The van der Waals surface area contributed by atoms with Gasteiger partial charge in [-0.25, -0.2) is 0 Å². The topological polar surface area (TPSA) is 90.6 Å². The number of aromatic hydroxyl groups is 2. The van der Waals surface area contributed by atoms with Gasteiger partial charge in [-0.15, -0.1) is 5.26 Å². The predicted molar refractivity (Wildman–Crippen MR) is 145 cm³/mol. The maximum Gasteiger partial charge on any atom is 0.328 e. The van der Waals surface area contributed by atoms with Gasteiger partial charge < -0.3 is 14.9 Å². The summed E-state index contributed by atoms with van der Waals surface area (Å²) in [6.07, 6.45) is 3.01. The highest BCUT2D eigenvalue weighted by molar-refractivity contribution is 5.80. The Morgan fingerprint density at radius 1 is 0.737 bits per heavy atom. The van der Waals surface area contributed by atoms with E-state index in [1.165, 1.54) is 0 Å². The maximum absolute atomic E-state index is 13.6. The summed E-state index contributed by atoms with van der Waals surface area (Å²) in [4.78, 5) is 13.6. The van der Waals surface area contributed by atoms with Gasteiger partial charge in [0.2, 0.25) is 0 Å². The fourth-order valence-corrected chi connectivity index (χ4v) is 6.06. The SMILES string of the molecule is CC1(C(=O)OC#N)C(c2ccccc2)CC(c2ccc(O)cc2)CC1c1ccc(-c2ccc(O)cc2)cc1. The Morgan fingerprint density at radius 2 is 1.18 bits per heavy atom. The number of carbonyl (C=O) groups is 1. The molecule has 0 aromatic heterocycles. The minimum absolute atomic E-state index is 0.130. The molecule has 0 saturated heterocycles. The first-order chi connectivity index (χ1) is 18.4. The van der Waals surface area contributed by atoms with Crippen LogP contribution in [0.1, 0.15) is 54.2 Å². The van der Waals surface area contributed by atoms with Crippen LogP contribution in [-0.4, -0.2) is 16.2 Å². The summed E-state index contributed by atoms with van der Waals surface area (Å²) >= 11 is 0. The van der Waals surface area contributed by atoms with Crippen LogP contribution in [0.3, 0.4) is 0 Å². The van der Waals surface area contributed by atoms with Crippen molar-refractivity contribution in [1.29, 1.82) is 5.26 Å². The van der Waals surface area contributed by atoms with E-state index in [2.05, 4.69) is 0 Å². The molecule has 1 fully saturated rings. The number of ether oxygens (including phenoxy) is 1. The van der Waals surface area contributed by atoms with E-state index in [1.807, 2.05) is 85.8 Å². The summed E-state index contributed by atoms with van der Waals surface area (Å²) in [5.41, 5.74) is 4.12. The number of phenols is 2. The molecule has 0 aliphatic heterocycles. The third-order valence-electron chi connectivity index (χ3n) is 8.15. The van der Waals surface area contributed by atoms with Gasteiger partial charge in [0.05, 0.1) is 5.41 Å². The molecule has 2 N–H and O–H groups in total. The van der Waals surface area contributed by atoms with Crippen molar-refractivity contribution in [3.05, 3.63) is 120 Å². The molecule has 38 heavy (non-hydrogen) atoms. The Balaban J connectivity index is 1.61. The van der Waals surface area contributed by atoms with Crippen LogP contribution in [0.2, 0.25) is 0 Å². The molecule has 1 aliphatic rings. The first-order valence-electron chi connectivity index (χ1n) is 12.7. The van der Waals surface area contributed by atoms with Crippen LogP contribution < -0.4 is 0 Å². The molecule has 4 unspecified atom stereocenters. The van der Waals surface area contributed by atoms with Crippen molar-refractivity contribution in [2.24, 2.45) is 5.41 Å². The summed E-state index contributed by atoms with van der Waals surface area (Å²) in [6, 6.07) is 32.5. The third-order valence-corrected chi connectivity index (χ3v) is 8.15. The van der Waals surface area contributed by atoms with E-state index in [4.69, 9.17) is 4.74 Å². The molecule has 5 nitrogen and oxygen atoms in total. The summed E-state index contributed by atoms with van der Waals surface area (Å²) in [5.74, 6) is -0.385. The third kappa shape index (κ3) is 4.73. The van der Waals surface area contributed by atoms with E-state index in [9.17, 15) is 20.3 Å². The van der Waals surface area contributed by atoms with Gasteiger partial charge in [-0.05, 0) is 77.8 Å². The number of phenolic OH excluding ortho intramolecular Hbond substituents is 2. The molecule has 0 radical (unpaired) electrons. The van der Waals surface area contributed by atoms with Gasteiger partial charge in [0.25, 0.3) is 6.26 Å². The lowest BCUT2D eigenvalue weighted by Crippen LogP contribution is -2.45. The lowest BCUT2D eigenvalue weighted by molar-refractivity contribution is -0.153. The number of nitrogens with zero attached hydrogens (tertiary/aromatic N) is 1. The van der Waals surface area contributed by atoms with Crippen molar-refractivity contribution >= 4 is 5.97 Å². The minimum atomic E-state index is -0.982. The summed E-state index contributed by atoms with van der Waals surface area (Å²) in [5, 5.41) is 28.8. The zero-order valence-electron chi connectivity index (χ0n) is 21.1. The van der Waals surface area contributed by atoms with Gasteiger partial charge >= 0.3 is 5.97 Å². The van der Waals surface area contributed by atoms with E-state index in [-0.39, 0.29) is 29.3 Å². The number of hydrogen-bond donors (Lipinski definition) is 2. The summed E-state index contributed by atoms with van der Waals surface area (Å²) in [6.45, 7) is 1.93. The normalized spacial score (nSPS) is 22.8. The highest BCUT2D eigenvalue weighted by Gasteiger charge is 2.54. The molecule has 190 valence electrons. The standard InChI is InChI=1S/C33H29NO4/c1-33(32(37)38-21-34)30(25-5-3-2-4-6-25)19-27(24-13-17-29(36)18-14-24)20-31(33)26-9-7-22(8-10-26)23-11-15-28(35)16-12-23/h2-18,27,30-31,35-36H,19-20H2,1H3. The van der Waals surface area contributed by atoms with Gasteiger partial charge in [-0.3, -0.25) is 4.79 Å². The molecular formula is C33H29NO4. The molecule has 4 aromatic carbocycles. The second kappa shape index (κ2) is 10.4. The van der Waals surface area contributed by atoms with Crippen LogP contribution in [0.15, 0.2) is 103 Å². The van der Waals surface area contributed by atoms with Crippen molar-refractivity contribution in [3.63, 3.8) is 0 Å². The highest BCUT2D eigenvalue weighted by atomic mass is 16.5. The van der Waals surface area contributed by atoms with Gasteiger partial charge in [0, 0.05) is 11.8 Å². The van der Waals surface area contributed by atoms with E-state index >= 15 is 0 Å². The average Bonchev–Trinajstić information content (AvgIpc) is 2.95. The van der Waals surface area contributed by atoms with Crippen molar-refractivity contribution in [2.75, 3.05) is 0 Å². The van der Waals surface area contributed by atoms with Crippen LogP contribution in [0.4, 0.5) is 0 Å². The van der Waals surface area contributed by atoms with Crippen LogP contribution in [0.25, 0.3) is 11.1 Å². The van der Waals surface area contributed by atoms with E-state index < -0.39 is 11.4 Å². The number of hydrogen-bond acceptors (Lipinski definition) is 5. The molecule has 1 saturated carbocycles. The van der Waals surface area contributed by atoms with Gasteiger partial charge in [-0.1, -0.05) is 78.9 Å². The molecule has 4 atom stereocenters. The number of rotatable bonds is 5. The molecule has 0 bridgehead atoms. The lowest BCUT2D eigenvalue weighted by Gasteiger charge is -2.48. The van der Waals surface area contributed by atoms with Gasteiger partial charge in [-0.2, -0.15) is 0 Å². The fourth-order valence-electron chi connectivity index (χ4n) is 6.06. The quantitative estimate of drug-likeness (QED) is 0.221. The van der Waals surface area contributed by atoms with Crippen LogP contribution in [0, 0.1) is 16.9 Å². The zero-order valence-corrected chi connectivity index (χ0v) is 21.1. The lowest BCUT2D eigenvalue weighted by atomic mass is 9.54. The number of nitriles is 1. The monoisotopic (exact) mass is 503 g/mol. The van der Waals surface area contributed by atoms with Crippen molar-refractivity contribution in [2.45, 2.75) is 37.5 Å². The first kappa shape index (κ1) is 25.1. The van der Waals surface area contributed by atoms with E-state index in [1.54, 1.807) is 30.5 Å². The largest absolute Gasteiger partial charge is 0.508 e. The number of benzene rings is 4. The molecule has 0 amide bonds. The van der Waals surface area contributed by atoms with Crippen molar-refractivity contribution < 1.29 is 19.7 Å². The van der Waals surface area contributed by atoms with Crippen LogP contribution in [0.5, 0.6) is 11.5 Å². The number of esters is 1. The second-order valence-electron chi connectivity index (χ2n) is 10.2. The Hall–Kier alpha value is -4.56. The average molecular weight is 504 g/mol. The Morgan fingerprint density at radius 3 is 1.71 bits per heavy atom. The van der Waals surface area contributed by atoms with Crippen LogP contribution in [-0.2, 0) is 9.53 Å². The zero-order chi connectivity index (χ0) is 26.7. The minimum Gasteiger partial charge on any atom is -0.508 e. The Kier molecular flexibility index (Phi) is 6.89. The fraction of sp³-hybridized carbons (Fsp3) is 0.212. The molecule has 0 heterocycles. The van der Waals surface area contributed by atoms with Gasteiger partial charge in [0.15, 0.2) is 0 Å². The molecular weight excluding hydrogens is 474 g/mol. The van der Waals surface area contributed by atoms with Crippen molar-refractivity contribution in [1.82, 2.24) is 0 Å².